The average molecular weight is 423 g/mol. The minimum atomic E-state index is -0.137. The topological polar surface area (TPSA) is 95.7 Å². The number of nitrogens with zero attached hydrogens (tertiary/aromatic N) is 2. The molecule has 1 atom stereocenters. The summed E-state index contributed by atoms with van der Waals surface area (Å²) in [6.45, 7) is 4.34. The first-order valence-corrected chi connectivity index (χ1v) is 10.3. The highest BCUT2D eigenvalue weighted by atomic mass is 16.6. The van der Waals surface area contributed by atoms with Gasteiger partial charge >= 0.3 is 5.95 Å². The van der Waals surface area contributed by atoms with Crippen molar-refractivity contribution < 1.29 is 23.4 Å². The minimum absolute atomic E-state index is 0.111. The van der Waals surface area contributed by atoms with Crippen LogP contribution in [0.5, 0.6) is 23.3 Å². The van der Waals surface area contributed by atoms with E-state index in [0.717, 1.165) is 12.4 Å². The number of nitrogens with one attached hydrogen (secondary N) is 1. The monoisotopic (exact) mass is 423 g/mol. The van der Waals surface area contributed by atoms with E-state index in [1.807, 2.05) is 37.3 Å². The highest BCUT2D eigenvalue weighted by molar-refractivity contribution is 5.73. The van der Waals surface area contributed by atoms with Gasteiger partial charge in [-0.15, -0.1) is 0 Å². The summed E-state index contributed by atoms with van der Waals surface area (Å²) in [4.78, 5) is 19.6. The Kier molecular flexibility index (Phi) is 6.35. The van der Waals surface area contributed by atoms with Gasteiger partial charge in [0.15, 0.2) is 0 Å². The van der Waals surface area contributed by atoms with Crippen molar-refractivity contribution in [1.29, 1.82) is 0 Å². The van der Waals surface area contributed by atoms with Gasteiger partial charge in [-0.3, -0.25) is 4.79 Å². The SMILES string of the molecule is CC(=O)N[C@@H](C)COc1cnc(-c2ccc(Oc3cccc(OCC4CC4)c3)nc2)o1. The molecule has 162 valence electrons. The van der Waals surface area contributed by atoms with Gasteiger partial charge in [0.1, 0.15) is 24.3 Å². The maximum Gasteiger partial charge on any atom is 0.305 e. The quantitative estimate of drug-likeness (QED) is 0.521. The maximum atomic E-state index is 11.0. The van der Waals surface area contributed by atoms with Crippen molar-refractivity contribution in [1.82, 2.24) is 15.3 Å². The lowest BCUT2D eigenvalue weighted by Crippen LogP contribution is -2.35. The molecule has 3 aromatic rings. The van der Waals surface area contributed by atoms with Crippen LogP contribution in [-0.2, 0) is 4.79 Å². The van der Waals surface area contributed by atoms with E-state index in [9.17, 15) is 4.79 Å². The van der Waals surface area contributed by atoms with E-state index in [4.69, 9.17) is 18.6 Å². The number of aromatic nitrogens is 2. The van der Waals surface area contributed by atoms with E-state index in [1.165, 1.54) is 26.0 Å². The Balaban J connectivity index is 1.32. The van der Waals surface area contributed by atoms with Crippen LogP contribution in [0.15, 0.2) is 53.2 Å². The third kappa shape index (κ3) is 6.21. The number of oxazole rings is 1. The zero-order chi connectivity index (χ0) is 21.6. The smallest absolute Gasteiger partial charge is 0.305 e. The van der Waals surface area contributed by atoms with E-state index in [0.29, 0.717) is 29.0 Å². The summed E-state index contributed by atoms with van der Waals surface area (Å²) >= 11 is 0. The first-order chi connectivity index (χ1) is 15.0. The summed E-state index contributed by atoms with van der Waals surface area (Å²) in [5, 5.41) is 2.74. The number of hydrogen-bond donors (Lipinski definition) is 1. The van der Waals surface area contributed by atoms with Crippen molar-refractivity contribution in [2.75, 3.05) is 13.2 Å². The van der Waals surface area contributed by atoms with Gasteiger partial charge in [-0.1, -0.05) is 6.07 Å². The highest BCUT2D eigenvalue weighted by Crippen LogP contribution is 2.31. The fourth-order valence-electron chi connectivity index (χ4n) is 2.87. The molecule has 1 saturated carbocycles. The summed E-state index contributed by atoms with van der Waals surface area (Å²) in [6, 6.07) is 11.0. The molecule has 1 fully saturated rings. The molecule has 4 rings (SSSR count). The second kappa shape index (κ2) is 9.51. The zero-order valence-corrected chi connectivity index (χ0v) is 17.5. The average Bonchev–Trinajstić information content (AvgIpc) is 3.47. The van der Waals surface area contributed by atoms with Crippen LogP contribution in [0.3, 0.4) is 0 Å². The van der Waals surface area contributed by atoms with E-state index in [1.54, 1.807) is 12.3 Å². The van der Waals surface area contributed by atoms with Crippen LogP contribution < -0.4 is 19.5 Å². The Morgan fingerprint density at radius 3 is 2.74 bits per heavy atom. The third-order valence-electron chi connectivity index (χ3n) is 4.60. The second-order valence-electron chi connectivity index (χ2n) is 7.61. The van der Waals surface area contributed by atoms with E-state index in [2.05, 4.69) is 15.3 Å². The van der Waals surface area contributed by atoms with Crippen molar-refractivity contribution >= 4 is 5.91 Å². The van der Waals surface area contributed by atoms with Gasteiger partial charge in [0, 0.05) is 25.3 Å². The van der Waals surface area contributed by atoms with Crippen molar-refractivity contribution in [2.45, 2.75) is 32.7 Å². The molecular formula is C23H25N3O5. The molecule has 0 radical (unpaired) electrons. The number of amides is 1. The number of carbonyl (C=O) groups is 1. The lowest BCUT2D eigenvalue weighted by Gasteiger charge is -2.11. The number of ether oxygens (including phenoxy) is 3. The number of pyridine rings is 1. The van der Waals surface area contributed by atoms with Crippen LogP contribution in [-0.4, -0.2) is 35.1 Å². The molecule has 1 aromatic carbocycles. The van der Waals surface area contributed by atoms with Crippen LogP contribution in [0.2, 0.25) is 0 Å². The predicted molar refractivity (Wildman–Crippen MR) is 113 cm³/mol. The second-order valence-corrected chi connectivity index (χ2v) is 7.61. The fraction of sp³-hybridized carbons (Fsp3) is 0.348. The summed E-state index contributed by atoms with van der Waals surface area (Å²) in [6.07, 6.45) is 5.62. The molecule has 0 saturated heterocycles. The van der Waals surface area contributed by atoms with E-state index in [-0.39, 0.29) is 24.5 Å². The first-order valence-electron chi connectivity index (χ1n) is 10.3. The molecule has 1 aliphatic rings. The number of hydrogen-bond acceptors (Lipinski definition) is 7. The minimum Gasteiger partial charge on any atom is -0.493 e. The predicted octanol–water partition coefficient (Wildman–Crippen LogP) is 4.22. The Labute approximate surface area is 180 Å². The van der Waals surface area contributed by atoms with Crippen molar-refractivity contribution in [3.8, 4) is 34.8 Å². The molecule has 0 spiro atoms. The maximum absolute atomic E-state index is 11.0. The van der Waals surface area contributed by atoms with Gasteiger partial charge in [0.2, 0.25) is 17.7 Å². The molecule has 31 heavy (non-hydrogen) atoms. The van der Waals surface area contributed by atoms with E-state index < -0.39 is 0 Å². The molecule has 2 heterocycles. The lowest BCUT2D eigenvalue weighted by atomic mass is 10.3. The number of carbonyl (C=O) groups excluding carboxylic acids is 1. The summed E-state index contributed by atoms with van der Waals surface area (Å²) in [7, 11) is 0. The molecule has 0 aliphatic heterocycles. The van der Waals surface area contributed by atoms with Crippen molar-refractivity contribution in [3.05, 3.63) is 48.8 Å². The Bertz CT molecular complexity index is 1010. The van der Waals surface area contributed by atoms with Gasteiger partial charge < -0.3 is 23.9 Å². The standard InChI is InChI=1S/C23H25N3O5/c1-15(26-16(2)27)13-29-22-12-25-23(31-22)18-8-9-21(24-11-18)30-20-5-3-4-19(10-20)28-14-17-6-7-17/h3-5,8-12,15,17H,6-7,13-14H2,1-2H3,(H,26,27)/t15-/m0/s1. The van der Waals surface area contributed by atoms with Crippen molar-refractivity contribution in [2.24, 2.45) is 5.92 Å². The van der Waals surface area contributed by atoms with Gasteiger partial charge in [-0.05, 0) is 43.9 Å². The van der Waals surface area contributed by atoms with Gasteiger partial charge in [-0.2, -0.15) is 0 Å². The highest BCUT2D eigenvalue weighted by Gasteiger charge is 2.21. The largest absolute Gasteiger partial charge is 0.493 e. The Hall–Kier alpha value is -3.55. The number of rotatable bonds is 10. The van der Waals surface area contributed by atoms with Gasteiger partial charge in [-0.25, -0.2) is 9.97 Å². The molecule has 1 amide bonds. The van der Waals surface area contributed by atoms with Crippen LogP contribution in [0, 0.1) is 5.92 Å². The Morgan fingerprint density at radius 2 is 2.00 bits per heavy atom. The van der Waals surface area contributed by atoms with Crippen LogP contribution in [0.1, 0.15) is 26.7 Å². The lowest BCUT2D eigenvalue weighted by molar-refractivity contribution is -0.119. The van der Waals surface area contributed by atoms with Crippen LogP contribution in [0.4, 0.5) is 0 Å². The molecule has 0 unspecified atom stereocenters. The van der Waals surface area contributed by atoms with Gasteiger partial charge in [0.05, 0.1) is 18.2 Å². The summed E-state index contributed by atoms with van der Waals surface area (Å²) < 4.78 is 22.7. The Morgan fingerprint density at radius 1 is 1.16 bits per heavy atom. The molecule has 8 heteroatoms. The first kappa shape index (κ1) is 20.7. The molecule has 1 N–H and O–H groups in total. The van der Waals surface area contributed by atoms with E-state index >= 15 is 0 Å². The summed E-state index contributed by atoms with van der Waals surface area (Å²) in [5.41, 5.74) is 0.693. The van der Waals surface area contributed by atoms with Crippen LogP contribution >= 0.6 is 0 Å². The van der Waals surface area contributed by atoms with Crippen LogP contribution in [0.25, 0.3) is 11.5 Å². The zero-order valence-electron chi connectivity index (χ0n) is 17.5. The summed E-state index contributed by atoms with van der Waals surface area (Å²) in [5.74, 6) is 3.15. The number of benzene rings is 1. The van der Waals surface area contributed by atoms with Gasteiger partial charge in [0.25, 0.3) is 0 Å². The fourth-order valence-corrected chi connectivity index (χ4v) is 2.87. The molecule has 2 aromatic heterocycles. The molecular weight excluding hydrogens is 398 g/mol. The van der Waals surface area contributed by atoms with Crippen molar-refractivity contribution in [3.63, 3.8) is 0 Å². The molecule has 0 bridgehead atoms. The third-order valence-corrected chi connectivity index (χ3v) is 4.60. The molecule has 1 aliphatic carbocycles. The normalized spacial score (nSPS) is 14.0. The molecule has 8 nitrogen and oxygen atoms in total.